The summed E-state index contributed by atoms with van der Waals surface area (Å²) in [5, 5.41) is 5.68. The summed E-state index contributed by atoms with van der Waals surface area (Å²) in [6, 6.07) is 14.4. The molecule has 2 aromatic carbocycles. The summed E-state index contributed by atoms with van der Waals surface area (Å²) >= 11 is 0. The van der Waals surface area contributed by atoms with Gasteiger partial charge in [-0.1, -0.05) is 36.7 Å². The Kier molecular flexibility index (Phi) is 6.01. The summed E-state index contributed by atoms with van der Waals surface area (Å²) in [5.74, 6) is 0.231. The molecule has 1 aliphatic heterocycles. The van der Waals surface area contributed by atoms with E-state index in [0.29, 0.717) is 30.0 Å². The van der Waals surface area contributed by atoms with Crippen LogP contribution in [0.1, 0.15) is 13.3 Å². The van der Waals surface area contributed by atoms with Gasteiger partial charge in [0.25, 0.3) is 5.91 Å². The van der Waals surface area contributed by atoms with Crippen molar-refractivity contribution in [1.82, 2.24) is 5.32 Å². The number of carbonyl (C=O) groups is 2. The van der Waals surface area contributed by atoms with Crippen molar-refractivity contribution in [3.05, 3.63) is 48.5 Å². The van der Waals surface area contributed by atoms with Crippen molar-refractivity contribution in [2.24, 2.45) is 0 Å². The molecule has 1 heterocycles. The number of hydrogen-bond donors (Lipinski definition) is 2. The van der Waals surface area contributed by atoms with Gasteiger partial charge >= 0.3 is 0 Å². The molecule has 0 spiro atoms. The summed E-state index contributed by atoms with van der Waals surface area (Å²) in [5.41, 5.74) is 2.01. The lowest BCUT2D eigenvalue weighted by Gasteiger charge is -2.35. The number of para-hydroxylation sites is 2. The molecule has 0 aromatic heterocycles. The summed E-state index contributed by atoms with van der Waals surface area (Å²) < 4.78 is 5.83. The highest BCUT2D eigenvalue weighted by Gasteiger charge is 2.31. The lowest BCUT2D eigenvalue weighted by atomic mass is 9.96. The topological polar surface area (TPSA) is 70.7 Å². The van der Waals surface area contributed by atoms with Gasteiger partial charge in [0.2, 0.25) is 5.91 Å². The van der Waals surface area contributed by atoms with E-state index in [2.05, 4.69) is 10.6 Å². The van der Waals surface area contributed by atoms with Crippen LogP contribution in [-0.2, 0) is 9.59 Å². The Morgan fingerprint density at radius 3 is 2.81 bits per heavy atom. The molecule has 7 heteroatoms. The lowest BCUT2D eigenvalue weighted by Crippen LogP contribution is -2.50. The number of anilines is 2. The van der Waals surface area contributed by atoms with Gasteiger partial charge in [0.15, 0.2) is 6.10 Å². The van der Waals surface area contributed by atoms with Crippen molar-refractivity contribution >= 4 is 36.5 Å². The van der Waals surface area contributed by atoms with Gasteiger partial charge < -0.3 is 20.3 Å². The molecule has 1 atom stereocenters. The minimum absolute atomic E-state index is 0.104. The number of benzene rings is 2. The Balaban J connectivity index is 1.72. The van der Waals surface area contributed by atoms with Crippen molar-refractivity contribution in [3.63, 3.8) is 0 Å². The molecular formula is C20H22BN3O3. The Morgan fingerprint density at radius 1 is 1.22 bits per heavy atom. The van der Waals surface area contributed by atoms with E-state index in [0.717, 1.165) is 12.1 Å². The Labute approximate surface area is 160 Å². The van der Waals surface area contributed by atoms with Crippen LogP contribution >= 0.6 is 0 Å². The molecule has 0 fully saturated rings. The molecule has 27 heavy (non-hydrogen) atoms. The van der Waals surface area contributed by atoms with Crippen molar-refractivity contribution in [2.45, 2.75) is 19.4 Å². The van der Waals surface area contributed by atoms with Crippen LogP contribution < -0.4 is 25.7 Å². The second kappa shape index (κ2) is 8.62. The smallest absolute Gasteiger partial charge is 0.262 e. The molecule has 1 unspecified atom stereocenters. The third-order valence-electron chi connectivity index (χ3n) is 4.21. The number of ether oxygens (including phenoxy) is 1. The summed E-state index contributed by atoms with van der Waals surface area (Å²) in [7, 11) is 5.75. The van der Waals surface area contributed by atoms with E-state index in [4.69, 9.17) is 12.6 Å². The number of rotatable bonds is 6. The zero-order valence-corrected chi connectivity index (χ0v) is 15.3. The summed E-state index contributed by atoms with van der Waals surface area (Å²) in [6.07, 6.45) is 0.188. The van der Waals surface area contributed by atoms with Gasteiger partial charge in [0.05, 0.1) is 18.8 Å². The number of nitrogens with zero attached hydrogens (tertiary/aromatic N) is 1. The first-order valence-corrected chi connectivity index (χ1v) is 9.00. The van der Waals surface area contributed by atoms with Gasteiger partial charge in [-0.3, -0.25) is 9.59 Å². The first-order chi connectivity index (χ1) is 13.1. The van der Waals surface area contributed by atoms with Crippen molar-refractivity contribution < 1.29 is 14.3 Å². The number of nitrogens with one attached hydrogen (secondary N) is 2. The molecule has 0 saturated carbocycles. The SMILES string of the molecule is [B]c1cccc(NC(=O)CN2CC(C(=O)NCCC)Oc3ccccc32)c1. The molecule has 0 bridgehead atoms. The second-order valence-electron chi connectivity index (χ2n) is 6.42. The molecule has 3 rings (SSSR count). The first kappa shape index (κ1) is 18.8. The highest BCUT2D eigenvalue weighted by Crippen LogP contribution is 2.32. The normalized spacial score (nSPS) is 15.4. The number of fused-ring (bicyclic) bond motifs is 1. The lowest BCUT2D eigenvalue weighted by molar-refractivity contribution is -0.128. The largest absolute Gasteiger partial charge is 0.477 e. The standard InChI is InChI=1S/C20H22BN3O3/c1-2-10-22-20(26)18-12-24(16-8-3-4-9-17(16)27-18)13-19(25)23-15-7-5-6-14(21)11-15/h3-9,11,18H,2,10,12-13H2,1H3,(H,22,26)(H,23,25). The zero-order chi connectivity index (χ0) is 19.2. The molecule has 2 N–H and O–H groups in total. The van der Waals surface area contributed by atoms with Gasteiger partial charge in [-0.15, -0.1) is 0 Å². The number of hydrogen-bond acceptors (Lipinski definition) is 4. The second-order valence-corrected chi connectivity index (χ2v) is 6.42. The van der Waals surface area contributed by atoms with Gasteiger partial charge in [-0.05, 0) is 30.7 Å². The van der Waals surface area contributed by atoms with Gasteiger partial charge in [-0.2, -0.15) is 0 Å². The van der Waals surface area contributed by atoms with Gasteiger partial charge in [-0.25, -0.2) is 0 Å². The maximum atomic E-state index is 12.5. The third kappa shape index (κ3) is 4.81. The first-order valence-electron chi connectivity index (χ1n) is 9.00. The number of carbonyl (C=O) groups excluding carboxylic acids is 2. The van der Waals surface area contributed by atoms with E-state index in [-0.39, 0.29) is 18.4 Å². The fraction of sp³-hybridized carbons (Fsp3) is 0.300. The van der Waals surface area contributed by atoms with E-state index in [9.17, 15) is 9.59 Å². The van der Waals surface area contributed by atoms with Crippen LogP contribution in [0.25, 0.3) is 0 Å². The van der Waals surface area contributed by atoms with Crippen LogP contribution in [0.3, 0.4) is 0 Å². The van der Waals surface area contributed by atoms with Crippen LogP contribution in [0, 0.1) is 0 Å². The molecule has 6 nitrogen and oxygen atoms in total. The average Bonchev–Trinajstić information content (AvgIpc) is 2.66. The van der Waals surface area contributed by atoms with Gasteiger partial charge in [0.1, 0.15) is 13.6 Å². The van der Waals surface area contributed by atoms with Crippen LogP contribution in [0.5, 0.6) is 5.75 Å². The monoisotopic (exact) mass is 363 g/mol. The minimum atomic E-state index is -0.661. The predicted octanol–water partition coefficient (Wildman–Crippen LogP) is 1.21. The Hall–Kier alpha value is -2.96. The molecule has 2 radical (unpaired) electrons. The third-order valence-corrected chi connectivity index (χ3v) is 4.21. The van der Waals surface area contributed by atoms with Crippen LogP contribution in [-0.4, -0.2) is 45.4 Å². The van der Waals surface area contributed by atoms with Crippen molar-refractivity contribution in [2.75, 3.05) is 29.9 Å². The van der Waals surface area contributed by atoms with E-state index in [1.165, 1.54) is 0 Å². The summed E-state index contributed by atoms with van der Waals surface area (Å²) in [6.45, 7) is 2.99. The van der Waals surface area contributed by atoms with Gasteiger partial charge in [0, 0.05) is 12.2 Å². The van der Waals surface area contributed by atoms with Crippen LogP contribution in [0.15, 0.2) is 48.5 Å². The van der Waals surface area contributed by atoms with E-state index in [1.54, 1.807) is 30.3 Å². The highest BCUT2D eigenvalue weighted by molar-refractivity contribution is 6.32. The quantitative estimate of drug-likeness (QED) is 0.757. The average molecular weight is 363 g/mol. The zero-order valence-electron chi connectivity index (χ0n) is 15.3. The van der Waals surface area contributed by atoms with E-state index in [1.807, 2.05) is 30.0 Å². The molecular weight excluding hydrogens is 341 g/mol. The van der Waals surface area contributed by atoms with Crippen LogP contribution in [0.4, 0.5) is 11.4 Å². The predicted molar refractivity (Wildman–Crippen MR) is 107 cm³/mol. The fourth-order valence-electron chi connectivity index (χ4n) is 2.95. The molecule has 0 saturated heterocycles. The van der Waals surface area contributed by atoms with E-state index >= 15 is 0 Å². The maximum Gasteiger partial charge on any atom is 0.262 e. The maximum absolute atomic E-state index is 12.5. The minimum Gasteiger partial charge on any atom is -0.477 e. The molecule has 2 amide bonds. The Bertz CT molecular complexity index is 828. The van der Waals surface area contributed by atoms with Crippen LogP contribution in [0.2, 0.25) is 0 Å². The molecule has 138 valence electrons. The highest BCUT2D eigenvalue weighted by atomic mass is 16.5. The van der Waals surface area contributed by atoms with E-state index < -0.39 is 6.10 Å². The number of amides is 2. The molecule has 1 aliphatic rings. The molecule has 2 aromatic rings. The van der Waals surface area contributed by atoms with Crippen molar-refractivity contribution in [1.29, 1.82) is 0 Å². The van der Waals surface area contributed by atoms with Crippen molar-refractivity contribution in [3.8, 4) is 5.75 Å². The summed E-state index contributed by atoms with van der Waals surface area (Å²) in [4.78, 5) is 26.7. The fourth-order valence-corrected chi connectivity index (χ4v) is 2.95. The Morgan fingerprint density at radius 2 is 2.04 bits per heavy atom. The molecule has 0 aliphatic carbocycles.